The Labute approximate surface area is 91.4 Å². The van der Waals surface area contributed by atoms with Crippen molar-refractivity contribution < 1.29 is 0 Å². The van der Waals surface area contributed by atoms with Crippen molar-refractivity contribution in [1.29, 1.82) is 0 Å². The highest BCUT2D eigenvalue weighted by Crippen LogP contribution is 2.17. The molecule has 0 aliphatic heterocycles. The number of hydrogen-bond donors (Lipinski definition) is 1. The maximum Gasteiger partial charge on any atom is 0.134 e. The Kier molecular flexibility index (Phi) is 2.70. The average molecular weight is 225 g/mol. The van der Waals surface area contributed by atoms with Gasteiger partial charge in [-0.3, -0.25) is 0 Å². The van der Waals surface area contributed by atoms with Crippen molar-refractivity contribution in [3.8, 4) is 0 Å². The minimum atomic E-state index is 0.596. The highest BCUT2D eigenvalue weighted by molar-refractivity contribution is 7.10. The molecule has 0 radical (unpaired) electrons. The van der Waals surface area contributed by atoms with Crippen molar-refractivity contribution in [3.05, 3.63) is 45.2 Å². The second kappa shape index (κ2) is 3.98. The van der Waals surface area contributed by atoms with Crippen LogP contribution in [0.15, 0.2) is 29.6 Å². The van der Waals surface area contributed by atoms with Gasteiger partial charge in [-0.05, 0) is 17.7 Å². The molecule has 0 aliphatic carbocycles. The third-order valence-corrected chi connectivity index (χ3v) is 2.96. The molecule has 0 fully saturated rings. The molecule has 0 bridgehead atoms. The Morgan fingerprint density at radius 1 is 1.29 bits per heavy atom. The van der Waals surface area contributed by atoms with Gasteiger partial charge in [0.25, 0.3) is 0 Å². The molecule has 2 nitrogen and oxygen atoms in total. The minimum absolute atomic E-state index is 0.596. The van der Waals surface area contributed by atoms with Crippen LogP contribution in [0.5, 0.6) is 0 Å². The van der Waals surface area contributed by atoms with Crippen molar-refractivity contribution in [3.63, 3.8) is 0 Å². The van der Waals surface area contributed by atoms with Crippen LogP contribution in [0.25, 0.3) is 0 Å². The van der Waals surface area contributed by atoms with Gasteiger partial charge >= 0.3 is 0 Å². The van der Waals surface area contributed by atoms with E-state index in [1.807, 2.05) is 29.6 Å². The van der Waals surface area contributed by atoms with Crippen LogP contribution in [-0.4, -0.2) is 4.98 Å². The molecular weight excluding hydrogens is 216 g/mol. The normalized spacial score (nSPS) is 10.4. The number of anilines is 1. The van der Waals surface area contributed by atoms with Gasteiger partial charge in [0.05, 0.1) is 5.01 Å². The summed E-state index contributed by atoms with van der Waals surface area (Å²) in [4.78, 5) is 4.19. The lowest BCUT2D eigenvalue weighted by molar-refractivity contribution is 1.14. The number of hydrogen-bond acceptors (Lipinski definition) is 3. The first-order valence-electron chi connectivity index (χ1n) is 4.18. The Bertz CT molecular complexity index is 422. The zero-order valence-corrected chi connectivity index (χ0v) is 8.98. The molecule has 2 aromatic rings. The summed E-state index contributed by atoms with van der Waals surface area (Å²) in [5.74, 6) is 0.596. The summed E-state index contributed by atoms with van der Waals surface area (Å²) in [6.45, 7) is 0. The summed E-state index contributed by atoms with van der Waals surface area (Å²) in [6.07, 6.45) is 0.818. The molecular formula is C10H9ClN2S. The second-order valence-electron chi connectivity index (χ2n) is 2.97. The largest absolute Gasteiger partial charge is 0.383 e. The average Bonchev–Trinajstić information content (AvgIpc) is 2.56. The second-order valence-corrected chi connectivity index (χ2v) is 4.35. The van der Waals surface area contributed by atoms with E-state index in [2.05, 4.69) is 4.98 Å². The van der Waals surface area contributed by atoms with Gasteiger partial charge in [0.15, 0.2) is 0 Å². The van der Waals surface area contributed by atoms with Gasteiger partial charge in [-0.2, -0.15) is 0 Å². The number of benzene rings is 1. The zero-order chi connectivity index (χ0) is 9.97. The molecule has 0 saturated heterocycles. The molecule has 14 heavy (non-hydrogen) atoms. The fourth-order valence-corrected chi connectivity index (χ4v) is 2.03. The summed E-state index contributed by atoms with van der Waals surface area (Å²) in [7, 11) is 0. The first kappa shape index (κ1) is 9.49. The number of thiazole rings is 1. The maximum absolute atomic E-state index is 5.79. The van der Waals surface area contributed by atoms with E-state index < -0.39 is 0 Å². The molecule has 1 aromatic heterocycles. The number of rotatable bonds is 2. The van der Waals surface area contributed by atoms with Crippen molar-refractivity contribution in [2.75, 3.05) is 5.73 Å². The van der Waals surface area contributed by atoms with Gasteiger partial charge < -0.3 is 5.73 Å². The molecule has 72 valence electrons. The van der Waals surface area contributed by atoms with Gasteiger partial charge in [-0.1, -0.05) is 23.7 Å². The van der Waals surface area contributed by atoms with Gasteiger partial charge in [-0.15, -0.1) is 11.3 Å². The van der Waals surface area contributed by atoms with Crippen LogP contribution in [0.3, 0.4) is 0 Å². The van der Waals surface area contributed by atoms with Gasteiger partial charge in [0.1, 0.15) is 5.82 Å². The van der Waals surface area contributed by atoms with Gasteiger partial charge in [0, 0.05) is 16.8 Å². The Morgan fingerprint density at radius 3 is 2.57 bits per heavy atom. The van der Waals surface area contributed by atoms with Crippen LogP contribution in [-0.2, 0) is 6.42 Å². The summed E-state index contributed by atoms with van der Waals surface area (Å²) in [6, 6.07) is 7.77. The van der Waals surface area contributed by atoms with Crippen LogP contribution < -0.4 is 5.73 Å². The first-order valence-corrected chi connectivity index (χ1v) is 5.44. The summed E-state index contributed by atoms with van der Waals surface area (Å²) < 4.78 is 0. The molecule has 1 aromatic carbocycles. The molecule has 0 aliphatic rings. The monoisotopic (exact) mass is 224 g/mol. The van der Waals surface area contributed by atoms with E-state index >= 15 is 0 Å². The van der Waals surface area contributed by atoms with E-state index in [4.69, 9.17) is 17.3 Å². The highest BCUT2D eigenvalue weighted by atomic mass is 35.5. The van der Waals surface area contributed by atoms with Crippen LogP contribution in [0, 0.1) is 0 Å². The van der Waals surface area contributed by atoms with E-state index in [1.165, 1.54) is 5.56 Å². The van der Waals surface area contributed by atoms with E-state index in [0.29, 0.717) is 5.82 Å². The topological polar surface area (TPSA) is 38.9 Å². The third-order valence-electron chi connectivity index (χ3n) is 1.84. The fraction of sp³-hybridized carbons (Fsp3) is 0.100. The third kappa shape index (κ3) is 2.25. The molecule has 2 N–H and O–H groups in total. The molecule has 4 heteroatoms. The van der Waals surface area contributed by atoms with Gasteiger partial charge in [-0.25, -0.2) is 4.98 Å². The van der Waals surface area contributed by atoms with Crippen LogP contribution in [0.4, 0.5) is 5.82 Å². The van der Waals surface area contributed by atoms with E-state index in [1.54, 1.807) is 11.3 Å². The smallest absolute Gasteiger partial charge is 0.134 e. The summed E-state index contributed by atoms with van der Waals surface area (Å²) in [5.41, 5.74) is 6.73. The molecule has 0 spiro atoms. The standard InChI is InChI=1S/C10H9ClN2S/c11-8-3-1-7(2-4-8)5-10-13-9(12)6-14-10/h1-4,6H,5,12H2. The molecule has 0 atom stereocenters. The maximum atomic E-state index is 5.79. The number of halogens is 1. The highest BCUT2D eigenvalue weighted by Gasteiger charge is 2.00. The van der Waals surface area contributed by atoms with Crippen molar-refractivity contribution in [2.45, 2.75) is 6.42 Å². The molecule has 0 amide bonds. The predicted octanol–water partition coefficient (Wildman–Crippen LogP) is 2.97. The quantitative estimate of drug-likeness (QED) is 0.852. The number of nitrogen functional groups attached to an aromatic ring is 1. The lowest BCUT2D eigenvalue weighted by atomic mass is 10.2. The van der Waals surface area contributed by atoms with Crippen molar-refractivity contribution >= 4 is 28.8 Å². The number of aromatic nitrogens is 1. The van der Waals surface area contributed by atoms with Crippen molar-refractivity contribution in [1.82, 2.24) is 4.98 Å². The van der Waals surface area contributed by atoms with E-state index in [-0.39, 0.29) is 0 Å². The van der Waals surface area contributed by atoms with E-state index in [9.17, 15) is 0 Å². The van der Waals surface area contributed by atoms with E-state index in [0.717, 1.165) is 16.5 Å². The Balaban J connectivity index is 2.15. The lowest BCUT2D eigenvalue weighted by Crippen LogP contribution is -1.88. The lowest BCUT2D eigenvalue weighted by Gasteiger charge is -1.97. The summed E-state index contributed by atoms with van der Waals surface area (Å²) in [5, 5.41) is 3.64. The zero-order valence-electron chi connectivity index (χ0n) is 7.40. The van der Waals surface area contributed by atoms with Gasteiger partial charge in [0.2, 0.25) is 0 Å². The minimum Gasteiger partial charge on any atom is -0.383 e. The van der Waals surface area contributed by atoms with Crippen LogP contribution in [0.1, 0.15) is 10.6 Å². The SMILES string of the molecule is Nc1csc(Cc2ccc(Cl)cc2)n1. The van der Waals surface area contributed by atoms with Crippen LogP contribution in [0.2, 0.25) is 5.02 Å². The first-order chi connectivity index (χ1) is 6.74. The summed E-state index contributed by atoms with van der Waals surface area (Å²) >= 11 is 7.37. The molecule has 0 saturated carbocycles. The molecule has 0 unspecified atom stereocenters. The van der Waals surface area contributed by atoms with Crippen molar-refractivity contribution in [2.24, 2.45) is 0 Å². The Morgan fingerprint density at radius 2 is 2.00 bits per heavy atom. The molecule has 1 heterocycles. The predicted molar refractivity (Wildman–Crippen MR) is 60.8 cm³/mol. The Hall–Kier alpha value is -1.06. The molecule has 2 rings (SSSR count). The number of nitrogens with zero attached hydrogens (tertiary/aromatic N) is 1. The van der Waals surface area contributed by atoms with Crippen LogP contribution >= 0.6 is 22.9 Å². The fourth-order valence-electron chi connectivity index (χ4n) is 1.18. The number of nitrogens with two attached hydrogens (primary N) is 1.